The molecule has 1 fully saturated rings. The Labute approximate surface area is 169 Å². The van der Waals surface area contributed by atoms with Crippen LogP contribution in [0.25, 0.3) is 10.9 Å². The van der Waals surface area contributed by atoms with Crippen molar-refractivity contribution in [3.63, 3.8) is 0 Å². The largest absolute Gasteiger partial charge is 0.378 e. The zero-order valence-corrected chi connectivity index (χ0v) is 16.6. The third-order valence-corrected chi connectivity index (χ3v) is 6.22. The first-order chi connectivity index (χ1) is 14.0. The molecule has 0 atom stereocenters. The SMILES string of the molecule is O=C(Cc1ccc(NS(=O)(=O)c2cccc3cccnc23)cc1)N1CCOCC1. The number of hydrogen-bond acceptors (Lipinski definition) is 5. The molecule has 0 aliphatic carbocycles. The fraction of sp³-hybridized carbons (Fsp3) is 0.238. The summed E-state index contributed by atoms with van der Waals surface area (Å²) in [6.45, 7) is 2.34. The number of rotatable bonds is 5. The molecule has 1 saturated heterocycles. The average molecular weight is 411 g/mol. The Bertz CT molecular complexity index is 1120. The molecule has 0 spiro atoms. The zero-order valence-electron chi connectivity index (χ0n) is 15.7. The second-order valence-electron chi connectivity index (χ2n) is 6.80. The topological polar surface area (TPSA) is 88.6 Å². The number of fused-ring (bicyclic) bond motifs is 1. The van der Waals surface area contributed by atoms with Gasteiger partial charge in [-0.2, -0.15) is 0 Å². The molecule has 2 aromatic carbocycles. The second kappa shape index (κ2) is 8.18. The van der Waals surface area contributed by atoms with E-state index in [0.717, 1.165) is 10.9 Å². The van der Waals surface area contributed by atoms with Crippen LogP contribution < -0.4 is 4.72 Å². The van der Waals surface area contributed by atoms with E-state index in [1.54, 1.807) is 47.5 Å². The first-order valence-corrected chi connectivity index (χ1v) is 10.8. The van der Waals surface area contributed by atoms with Crippen LogP contribution in [0.15, 0.2) is 65.7 Å². The van der Waals surface area contributed by atoms with Crippen molar-refractivity contribution in [2.75, 3.05) is 31.0 Å². The number of para-hydroxylation sites is 1. The lowest BCUT2D eigenvalue weighted by atomic mass is 10.1. The van der Waals surface area contributed by atoms with E-state index in [0.29, 0.717) is 37.5 Å². The van der Waals surface area contributed by atoms with Crippen molar-refractivity contribution in [2.24, 2.45) is 0 Å². The van der Waals surface area contributed by atoms with Crippen LogP contribution in [-0.4, -0.2) is 50.5 Å². The Balaban J connectivity index is 1.48. The third kappa shape index (κ3) is 4.38. The molecular formula is C21H21N3O4S. The van der Waals surface area contributed by atoms with Crippen molar-refractivity contribution in [2.45, 2.75) is 11.3 Å². The zero-order chi connectivity index (χ0) is 20.3. The van der Waals surface area contributed by atoms with Gasteiger partial charge < -0.3 is 9.64 Å². The van der Waals surface area contributed by atoms with Crippen molar-refractivity contribution in [1.82, 2.24) is 9.88 Å². The highest BCUT2D eigenvalue weighted by atomic mass is 32.2. The summed E-state index contributed by atoms with van der Waals surface area (Å²) in [6.07, 6.45) is 1.85. The molecule has 1 aliphatic heterocycles. The summed E-state index contributed by atoms with van der Waals surface area (Å²) in [6, 6.07) is 15.5. The van der Waals surface area contributed by atoms with Crippen molar-refractivity contribution >= 4 is 32.5 Å². The van der Waals surface area contributed by atoms with Gasteiger partial charge in [0.15, 0.2) is 0 Å². The first-order valence-electron chi connectivity index (χ1n) is 9.34. The lowest BCUT2D eigenvalue weighted by Gasteiger charge is -2.26. The lowest BCUT2D eigenvalue weighted by molar-refractivity contribution is -0.134. The highest BCUT2D eigenvalue weighted by molar-refractivity contribution is 7.93. The molecule has 2 heterocycles. The highest BCUT2D eigenvalue weighted by Gasteiger charge is 2.19. The van der Waals surface area contributed by atoms with Crippen LogP contribution in [0.4, 0.5) is 5.69 Å². The number of ether oxygens (including phenoxy) is 1. The summed E-state index contributed by atoms with van der Waals surface area (Å²) in [5.74, 6) is 0.0449. The van der Waals surface area contributed by atoms with Crippen molar-refractivity contribution in [1.29, 1.82) is 0 Å². The minimum Gasteiger partial charge on any atom is -0.378 e. The number of sulfonamides is 1. The van der Waals surface area contributed by atoms with Gasteiger partial charge in [-0.25, -0.2) is 8.42 Å². The van der Waals surface area contributed by atoms with Gasteiger partial charge in [-0.05, 0) is 29.8 Å². The molecule has 150 valence electrons. The Hall–Kier alpha value is -2.97. The van der Waals surface area contributed by atoms with E-state index in [2.05, 4.69) is 9.71 Å². The first kappa shape index (κ1) is 19.4. The van der Waals surface area contributed by atoms with Crippen LogP contribution in [0.3, 0.4) is 0 Å². The van der Waals surface area contributed by atoms with E-state index < -0.39 is 10.0 Å². The van der Waals surface area contributed by atoms with Gasteiger partial charge in [0, 0.05) is 30.4 Å². The van der Waals surface area contributed by atoms with Crippen LogP contribution in [-0.2, 0) is 26.0 Å². The van der Waals surface area contributed by atoms with E-state index in [9.17, 15) is 13.2 Å². The number of aromatic nitrogens is 1. The number of benzene rings is 2. The Morgan fingerprint density at radius 2 is 1.76 bits per heavy atom. The van der Waals surface area contributed by atoms with Gasteiger partial charge in [-0.3, -0.25) is 14.5 Å². The predicted octanol–water partition coefficient (Wildman–Crippen LogP) is 2.44. The molecule has 4 rings (SSSR count). The molecular weight excluding hydrogens is 390 g/mol. The second-order valence-corrected chi connectivity index (χ2v) is 8.45. The highest BCUT2D eigenvalue weighted by Crippen LogP contribution is 2.23. The molecule has 0 bridgehead atoms. The molecule has 1 aliphatic rings. The van der Waals surface area contributed by atoms with Gasteiger partial charge in [0.05, 0.1) is 25.2 Å². The van der Waals surface area contributed by atoms with E-state index in [1.165, 1.54) is 6.07 Å². The Kier molecular flexibility index (Phi) is 5.46. The number of nitrogens with zero attached hydrogens (tertiary/aromatic N) is 2. The van der Waals surface area contributed by atoms with E-state index >= 15 is 0 Å². The summed E-state index contributed by atoms with van der Waals surface area (Å²) >= 11 is 0. The number of pyridine rings is 1. The standard InChI is InChI=1S/C21H21N3O4S/c25-20(24-11-13-28-14-12-24)15-16-6-8-18(9-7-16)23-29(26,27)19-5-1-3-17-4-2-10-22-21(17)19/h1-10,23H,11-15H2. The smallest absolute Gasteiger partial charge is 0.264 e. The van der Waals surface area contributed by atoms with Crippen LogP contribution >= 0.6 is 0 Å². The van der Waals surface area contributed by atoms with Crippen LogP contribution in [0, 0.1) is 0 Å². The number of carbonyl (C=O) groups excluding carboxylic acids is 1. The molecule has 3 aromatic rings. The van der Waals surface area contributed by atoms with E-state index in [-0.39, 0.29) is 17.2 Å². The van der Waals surface area contributed by atoms with Crippen molar-refractivity contribution < 1.29 is 17.9 Å². The number of morpholine rings is 1. The average Bonchev–Trinajstić information content (AvgIpc) is 2.75. The molecule has 7 nitrogen and oxygen atoms in total. The van der Waals surface area contributed by atoms with Gasteiger partial charge in [0.2, 0.25) is 5.91 Å². The third-order valence-electron chi connectivity index (χ3n) is 4.81. The maximum Gasteiger partial charge on any atom is 0.264 e. The summed E-state index contributed by atoms with van der Waals surface area (Å²) < 4.78 is 33.6. The summed E-state index contributed by atoms with van der Waals surface area (Å²) in [4.78, 5) is 18.5. The van der Waals surface area contributed by atoms with Gasteiger partial charge in [0.25, 0.3) is 10.0 Å². The quantitative estimate of drug-likeness (QED) is 0.697. The van der Waals surface area contributed by atoms with Crippen molar-refractivity contribution in [3.8, 4) is 0 Å². The Morgan fingerprint density at radius 1 is 1.03 bits per heavy atom. The maximum absolute atomic E-state index is 12.9. The van der Waals surface area contributed by atoms with Crippen LogP contribution in [0.1, 0.15) is 5.56 Å². The summed E-state index contributed by atoms with van der Waals surface area (Å²) in [5, 5.41) is 0.757. The van der Waals surface area contributed by atoms with Crippen LogP contribution in [0.2, 0.25) is 0 Å². The monoisotopic (exact) mass is 411 g/mol. The molecule has 1 amide bonds. The number of carbonyl (C=O) groups is 1. The molecule has 0 unspecified atom stereocenters. The minimum absolute atomic E-state index is 0.0449. The van der Waals surface area contributed by atoms with Gasteiger partial charge >= 0.3 is 0 Å². The van der Waals surface area contributed by atoms with E-state index in [1.807, 2.05) is 12.1 Å². The normalized spacial score (nSPS) is 14.7. The minimum atomic E-state index is -3.79. The molecule has 1 N–H and O–H groups in total. The predicted molar refractivity (Wildman–Crippen MR) is 110 cm³/mol. The number of hydrogen-bond donors (Lipinski definition) is 1. The fourth-order valence-electron chi connectivity index (χ4n) is 3.29. The van der Waals surface area contributed by atoms with Gasteiger partial charge in [0.1, 0.15) is 4.90 Å². The molecule has 1 aromatic heterocycles. The van der Waals surface area contributed by atoms with Crippen molar-refractivity contribution in [3.05, 3.63) is 66.4 Å². The number of amides is 1. The van der Waals surface area contributed by atoms with Crippen LogP contribution in [0.5, 0.6) is 0 Å². The van der Waals surface area contributed by atoms with Gasteiger partial charge in [-0.15, -0.1) is 0 Å². The molecule has 0 radical (unpaired) electrons. The maximum atomic E-state index is 12.9. The molecule has 29 heavy (non-hydrogen) atoms. The number of nitrogens with one attached hydrogen (secondary N) is 1. The molecule has 8 heteroatoms. The lowest BCUT2D eigenvalue weighted by Crippen LogP contribution is -2.41. The Morgan fingerprint density at radius 3 is 2.52 bits per heavy atom. The summed E-state index contributed by atoms with van der Waals surface area (Å²) in [7, 11) is -3.79. The molecule has 0 saturated carbocycles. The summed E-state index contributed by atoms with van der Waals surface area (Å²) in [5.41, 5.74) is 1.69. The number of anilines is 1. The van der Waals surface area contributed by atoms with Gasteiger partial charge in [-0.1, -0.05) is 30.3 Å². The van der Waals surface area contributed by atoms with E-state index in [4.69, 9.17) is 4.74 Å². The fourth-order valence-corrected chi connectivity index (χ4v) is 4.53.